The summed E-state index contributed by atoms with van der Waals surface area (Å²) >= 11 is 0. The Morgan fingerprint density at radius 1 is 0.829 bits per heavy atom. The van der Waals surface area contributed by atoms with Crippen LogP contribution in [0.5, 0.6) is 17.2 Å². The highest BCUT2D eigenvalue weighted by atomic mass is 19.2. The number of halogens is 3. The van der Waals surface area contributed by atoms with Gasteiger partial charge in [-0.05, 0) is 59.6 Å². The molecule has 0 aromatic heterocycles. The first-order valence-electron chi connectivity index (χ1n) is 11.5. The van der Waals surface area contributed by atoms with Crippen LogP contribution in [0.4, 0.5) is 18.9 Å². The molecule has 0 aliphatic rings. The molecule has 0 saturated carbocycles. The molecular formula is C29H32F3NO2. The maximum atomic E-state index is 14.7. The van der Waals surface area contributed by atoms with Crippen molar-refractivity contribution in [3.05, 3.63) is 81.7 Å². The van der Waals surface area contributed by atoms with Crippen LogP contribution >= 0.6 is 0 Å². The van der Waals surface area contributed by atoms with Crippen molar-refractivity contribution in [3.8, 4) is 17.2 Å². The number of aliphatic imine (C=N–C) groups is 1. The van der Waals surface area contributed by atoms with Crippen LogP contribution in [0.3, 0.4) is 0 Å². The quantitative estimate of drug-likeness (QED) is 0.298. The highest BCUT2D eigenvalue weighted by molar-refractivity contribution is 5.87. The van der Waals surface area contributed by atoms with Gasteiger partial charge in [0, 0.05) is 17.3 Å². The summed E-state index contributed by atoms with van der Waals surface area (Å²) in [6, 6.07) is 10.3. The lowest BCUT2D eigenvalue weighted by molar-refractivity contribution is 0.383. The number of hydrogen-bond acceptors (Lipinski definition) is 3. The Hall–Kier alpha value is -3.28. The molecule has 0 aliphatic heterocycles. The van der Waals surface area contributed by atoms with E-state index in [-0.39, 0.29) is 39.1 Å². The summed E-state index contributed by atoms with van der Waals surface area (Å²) in [6.45, 7) is 15.0. The van der Waals surface area contributed by atoms with Gasteiger partial charge in [-0.2, -0.15) is 4.39 Å². The Kier molecular flexibility index (Phi) is 7.07. The van der Waals surface area contributed by atoms with Gasteiger partial charge in [-0.25, -0.2) is 8.78 Å². The zero-order chi connectivity index (χ0) is 26.3. The molecule has 186 valence electrons. The monoisotopic (exact) mass is 483 g/mol. The molecule has 0 aliphatic carbocycles. The van der Waals surface area contributed by atoms with Crippen LogP contribution < -0.4 is 4.74 Å². The third-order valence-electron chi connectivity index (χ3n) is 6.05. The van der Waals surface area contributed by atoms with Crippen molar-refractivity contribution in [2.24, 2.45) is 4.99 Å². The summed E-state index contributed by atoms with van der Waals surface area (Å²) in [5.74, 6) is -4.17. The zero-order valence-corrected chi connectivity index (χ0v) is 21.5. The standard InChI is InChI=1S/C29H32F3NO2/c1-16-17(2)24(31)27(25(32)23(16)30)35-22-12-10-9-11-21(22)33-15-18-13-19(28(3,4)5)14-20(26(18)34)29(6,7)8/h9-15,34H,1-8H3. The van der Waals surface area contributed by atoms with E-state index in [1.165, 1.54) is 26.1 Å². The van der Waals surface area contributed by atoms with Gasteiger partial charge < -0.3 is 9.84 Å². The van der Waals surface area contributed by atoms with E-state index in [4.69, 9.17) is 4.74 Å². The number of ether oxygens (including phenoxy) is 1. The minimum Gasteiger partial charge on any atom is -0.507 e. The number of benzene rings is 3. The Morgan fingerprint density at radius 3 is 2.03 bits per heavy atom. The normalized spacial score (nSPS) is 12.4. The predicted molar refractivity (Wildman–Crippen MR) is 135 cm³/mol. The maximum absolute atomic E-state index is 14.7. The lowest BCUT2D eigenvalue weighted by atomic mass is 9.79. The number of rotatable bonds is 4. The molecule has 0 heterocycles. The first-order valence-corrected chi connectivity index (χ1v) is 11.5. The molecule has 3 nitrogen and oxygen atoms in total. The fourth-order valence-corrected chi connectivity index (χ4v) is 3.61. The molecule has 6 heteroatoms. The second kappa shape index (κ2) is 9.40. The highest BCUT2D eigenvalue weighted by Crippen LogP contribution is 2.39. The molecule has 0 amide bonds. The van der Waals surface area contributed by atoms with E-state index in [0.29, 0.717) is 5.56 Å². The van der Waals surface area contributed by atoms with Crippen LogP contribution in [0.2, 0.25) is 0 Å². The fraction of sp³-hybridized carbons (Fsp3) is 0.345. The molecule has 0 unspecified atom stereocenters. The Balaban J connectivity index is 2.09. The van der Waals surface area contributed by atoms with E-state index < -0.39 is 23.2 Å². The molecule has 0 radical (unpaired) electrons. The molecular weight excluding hydrogens is 451 g/mol. The van der Waals surface area contributed by atoms with Gasteiger partial charge in [0.2, 0.25) is 11.6 Å². The van der Waals surface area contributed by atoms with Gasteiger partial charge in [-0.1, -0.05) is 59.7 Å². The Bertz CT molecular complexity index is 1270. The molecule has 0 spiro atoms. The second-order valence-electron chi connectivity index (χ2n) is 10.8. The summed E-state index contributed by atoms with van der Waals surface area (Å²) in [7, 11) is 0. The Labute approximate surface area is 205 Å². The third-order valence-corrected chi connectivity index (χ3v) is 6.05. The zero-order valence-electron chi connectivity index (χ0n) is 21.5. The largest absolute Gasteiger partial charge is 0.507 e. The van der Waals surface area contributed by atoms with Crippen LogP contribution in [0.15, 0.2) is 41.4 Å². The minimum atomic E-state index is -1.39. The topological polar surface area (TPSA) is 41.8 Å². The van der Waals surface area contributed by atoms with Gasteiger partial charge in [0.1, 0.15) is 11.4 Å². The van der Waals surface area contributed by atoms with Gasteiger partial charge in [-0.15, -0.1) is 0 Å². The first kappa shape index (κ1) is 26.3. The van der Waals surface area contributed by atoms with Crippen LogP contribution in [-0.2, 0) is 10.8 Å². The summed E-state index contributed by atoms with van der Waals surface area (Å²) in [4.78, 5) is 4.45. The SMILES string of the molecule is Cc1c(C)c(F)c(Oc2ccccc2N=Cc2cc(C(C)(C)C)cc(C(C)(C)C)c2O)c(F)c1F. The maximum Gasteiger partial charge on any atom is 0.204 e. The van der Waals surface area contributed by atoms with Crippen LogP contribution in [0, 0.1) is 31.3 Å². The molecule has 3 aromatic carbocycles. The van der Waals surface area contributed by atoms with E-state index in [0.717, 1.165) is 11.1 Å². The summed E-state index contributed by atoms with van der Waals surface area (Å²) in [5, 5.41) is 11.0. The Morgan fingerprint density at radius 2 is 1.43 bits per heavy atom. The van der Waals surface area contributed by atoms with Gasteiger partial charge in [0.15, 0.2) is 17.4 Å². The molecule has 0 atom stereocenters. The number of phenolic OH excluding ortho intramolecular Hbond substituents is 1. The summed E-state index contributed by atoms with van der Waals surface area (Å²) < 4.78 is 49.0. The molecule has 0 fully saturated rings. The molecule has 3 aromatic rings. The second-order valence-corrected chi connectivity index (χ2v) is 10.8. The van der Waals surface area contributed by atoms with Gasteiger partial charge in [-0.3, -0.25) is 4.99 Å². The molecule has 1 N–H and O–H groups in total. The number of phenols is 1. The molecule has 0 saturated heterocycles. The summed E-state index contributed by atoms with van der Waals surface area (Å²) in [5.41, 5.74) is 1.97. The van der Waals surface area contributed by atoms with Crippen molar-refractivity contribution in [1.29, 1.82) is 0 Å². The van der Waals surface area contributed by atoms with E-state index in [1.807, 2.05) is 32.9 Å². The first-order chi connectivity index (χ1) is 16.1. The summed E-state index contributed by atoms with van der Waals surface area (Å²) in [6.07, 6.45) is 1.50. The fourth-order valence-electron chi connectivity index (χ4n) is 3.61. The third kappa shape index (κ3) is 5.37. The van der Waals surface area contributed by atoms with E-state index in [2.05, 4.69) is 25.8 Å². The lowest BCUT2D eigenvalue weighted by Crippen LogP contribution is -2.17. The predicted octanol–water partition coefficient (Wildman–Crippen LogP) is 8.56. The van der Waals surface area contributed by atoms with Crippen molar-refractivity contribution in [1.82, 2.24) is 0 Å². The number of nitrogens with zero attached hydrogens (tertiary/aromatic N) is 1. The van der Waals surface area contributed by atoms with E-state index >= 15 is 0 Å². The van der Waals surface area contributed by atoms with Gasteiger partial charge in [0.05, 0.1) is 0 Å². The lowest BCUT2D eigenvalue weighted by Gasteiger charge is -2.27. The van der Waals surface area contributed by atoms with Gasteiger partial charge in [0.25, 0.3) is 0 Å². The molecule has 3 rings (SSSR count). The smallest absolute Gasteiger partial charge is 0.204 e. The number of para-hydroxylation sites is 2. The van der Waals surface area contributed by atoms with Crippen molar-refractivity contribution >= 4 is 11.9 Å². The average molecular weight is 484 g/mol. The number of aromatic hydroxyl groups is 1. The van der Waals surface area contributed by atoms with Crippen LogP contribution in [0.1, 0.15) is 69.4 Å². The van der Waals surface area contributed by atoms with Crippen LogP contribution in [-0.4, -0.2) is 11.3 Å². The highest BCUT2D eigenvalue weighted by Gasteiger charge is 2.25. The van der Waals surface area contributed by atoms with Crippen molar-refractivity contribution in [2.75, 3.05) is 0 Å². The van der Waals surface area contributed by atoms with E-state index in [9.17, 15) is 18.3 Å². The molecule has 0 bridgehead atoms. The van der Waals surface area contributed by atoms with Crippen molar-refractivity contribution < 1.29 is 23.0 Å². The van der Waals surface area contributed by atoms with Crippen molar-refractivity contribution in [3.63, 3.8) is 0 Å². The van der Waals surface area contributed by atoms with Crippen molar-refractivity contribution in [2.45, 2.75) is 66.2 Å². The van der Waals surface area contributed by atoms with Gasteiger partial charge >= 0.3 is 0 Å². The average Bonchev–Trinajstić information content (AvgIpc) is 2.77. The van der Waals surface area contributed by atoms with Crippen LogP contribution in [0.25, 0.3) is 0 Å². The molecule has 35 heavy (non-hydrogen) atoms. The van der Waals surface area contributed by atoms with E-state index in [1.54, 1.807) is 18.2 Å². The number of hydrogen-bond donors (Lipinski definition) is 1. The minimum absolute atomic E-state index is 0.0292.